The van der Waals surface area contributed by atoms with Crippen LogP contribution in [0.25, 0.3) is 0 Å². The van der Waals surface area contributed by atoms with E-state index in [0.717, 1.165) is 4.88 Å². The van der Waals surface area contributed by atoms with Gasteiger partial charge in [0, 0.05) is 11.3 Å². The van der Waals surface area contributed by atoms with Crippen molar-refractivity contribution in [3.05, 3.63) is 21.9 Å². The molecule has 0 unspecified atom stereocenters. The molecule has 0 saturated heterocycles. The zero-order valence-electron chi connectivity index (χ0n) is 11.2. The molecule has 0 aliphatic rings. The fraction of sp³-hybridized carbons (Fsp3) is 0.643. The molecule has 0 spiro atoms. The van der Waals surface area contributed by atoms with Crippen LogP contribution in [0.15, 0.2) is 12.1 Å². The number of carbonyl (C=O) groups is 1. The Labute approximate surface area is 103 Å². The van der Waals surface area contributed by atoms with Gasteiger partial charge in [0.05, 0.1) is 4.88 Å². The number of rotatable bonds is 2. The molecule has 2 heteroatoms. The van der Waals surface area contributed by atoms with Crippen LogP contribution in [0.1, 0.15) is 62.5 Å². The molecule has 0 aliphatic heterocycles. The Kier molecular flexibility index (Phi) is 3.63. The van der Waals surface area contributed by atoms with Crippen LogP contribution >= 0.6 is 11.3 Å². The number of carbonyl (C=O) groups excluding carboxylic acids is 1. The summed E-state index contributed by atoms with van der Waals surface area (Å²) in [5.41, 5.74) is 0.216. The average molecular weight is 238 g/mol. The highest BCUT2D eigenvalue weighted by molar-refractivity contribution is 7.14. The fourth-order valence-electron chi connectivity index (χ4n) is 1.46. The van der Waals surface area contributed by atoms with Crippen LogP contribution in [0.3, 0.4) is 0 Å². The molecule has 0 radical (unpaired) electrons. The van der Waals surface area contributed by atoms with Crippen LogP contribution in [0.2, 0.25) is 0 Å². The van der Waals surface area contributed by atoms with Crippen molar-refractivity contribution in [2.45, 2.75) is 53.4 Å². The molecule has 1 heterocycles. The number of Topliss-reactive ketones (excluding diaryl/α,β-unsaturated/α-hetero) is 1. The third-order valence-electron chi connectivity index (χ3n) is 2.31. The van der Waals surface area contributed by atoms with E-state index in [0.29, 0.717) is 6.42 Å². The lowest BCUT2D eigenvalue weighted by Crippen LogP contribution is -2.12. The Balaban J connectivity index is 2.83. The monoisotopic (exact) mass is 238 g/mol. The fourth-order valence-corrected chi connectivity index (χ4v) is 2.46. The second-order valence-corrected chi connectivity index (χ2v) is 7.66. The average Bonchev–Trinajstić information content (AvgIpc) is 2.46. The molecule has 0 atom stereocenters. The normalized spacial score (nSPS) is 12.9. The Hall–Kier alpha value is -0.630. The van der Waals surface area contributed by atoms with Crippen LogP contribution in [0.5, 0.6) is 0 Å². The third kappa shape index (κ3) is 3.75. The van der Waals surface area contributed by atoms with Crippen molar-refractivity contribution in [3.63, 3.8) is 0 Å². The van der Waals surface area contributed by atoms with E-state index in [1.54, 1.807) is 11.3 Å². The van der Waals surface area contributed by atoms with Crippen LogP contribution in [0.4, 0.5) is 0 Å². The number of thiophene rings is 1. The van der Waals surface area contributed by atoms with Crippen LogP contribution in [-0.2, 0) is 5.41 Å². The minimum atomic E-state index is 0.0724. The van der Waals surface area contributed by atoms with Crippen molar-refractivity contribution in [1.29, 1.82) is 0 Å². The highest BCUT2D eigenvalue weighted by atomic mass is 32.1. The van der Waals surface area contributed by atoms with Crippen molar-refractivity contribution in [1.82, 2.24) is 0 Å². The van der Waals surface area contributed by atoms with E-state index in [2.05, 4.69) is 47.6 Å². The molecular formula is C14H22OS. The van der Waals surface area contributed by atoms with Crippen molar-refractivity contribution < 1.29 is 4.79 Å². The van der Waals surface area contributed by atoms with Crippen molar-refractivity contribution >= 4 is 17.1 Å². The van der Waals surface area contributed by atoms with E-state index in [1.807, 2.05) is 6.07 Å². The van der Waals surface area contributed by atoms with Crippen molar-refractivity contribution in [2.75, 3.05) is 0 Å². The predicted octanol–water partition coefficient (Wildman–Crippen LogP) is 4.66. The molecule has 1 nitrogen and oxygen atoms in total. The maximum absolute atomic E-state index is 12.0. The topological polar surface area (TPSA) is 17.1 Å². The molecule has 0 amide bonds. The Bertz CT molecular complexity index is 374. The minimum Gasteiger partial charge on any atom is -0.293 e. The molecular weight excluding hydrogens is 216 g/mol. The van der Waals surface area contributed by atoms with Gasteiger partial charge in [-0.15, -0.1) is 11.3 Å². The molecule has 0 saturated carbocycles. The Morgan fingerprint density at radius 1 is 1.12 bits per heavy atom. The van der Waals surface area contributed by atoms with Gasteiger partial charge in [0.2, 0.25) is 0 Å². The molecule has 1 aromatic heterocycles. The van der Waals surface area contributed by atoms with Crippen LogP contribution in [0, 0.1) is 5.41 Å². The molecule has 90 valence electrons. The lowest BCUT2D eigenvalue weighted by molar-refractivity contribution is 0.0944. The first-order valence-electron chi connectivity index (χ1n) is 5.73. The largest absolute Gasteiger partial charge is 0.293 e. The van der Waals surface area contributed by atoms with Gasteiger partial charge in [0.1, 0.15) is 0 Å². The first-order chi connectivity index (χ1) is 7.09. The Morgan fingerprint density at radius 2 is 1.69 bits per heavy atom. The lowest BCUT2D eigenvalue weighted by atomic mass is 9.89. The molecule has 1 rings (SSSR count). The maximum Gasteiger partial charge on any atom is 0.173 e. The number of ketones is 1. The second-order valence-electron chi connectivity index (χ2n) is 6.57. The Morgan fingerprint density at radius 3 is 2.06 bits per heavy atom. The summed E-state index contributed by atoms with van der Waals surface area (Å²) in [4.78, 5) is 14.2. The molecule has 0 aliphatic carbocycles. The van der Waals surface area contributed by atoms with E-state index in [-0.39, 0.29) is 16.6 Å². The predicted molar refractivity (Wildman–Crippen MR) is 71.4 cm³/mol. The van der Waals surface area contributed by atoms with Gasteiger partial charge >= 0.3 is 0 Å². The highest BCUT2D eigenvalue weighted by Crippen LogP contribution is 2.31. The molecule has 0 fully saturated rings. The van der Waals surface area contributed by atoms with Crippen molar-refractivity contribution in [2.24, 2.45) is 5.41 Å². The third-order valence-corrected chi connectivity index (χ3v) is 3.86. The zero-order chi connectivity index (χ0) is 12.6. The van der Waals surface area contributed by atoms with Gasteiger partial charge in [-0.2, -0.15) is 0 Å². The summed E-state index contributed by atoms with van der Waals surface area (Å²) < 4.78 is 0. The second kappa shape index (κ2) is 4.33. The van der Waals surface area contributed by atoms with Gasteiger partial charge < -0.3 is 0 Å². The molecule has 0 N–H and O–H groups in total. The summed E-state index contributed by atoms with van der Waals surface area (Å²) in [7, 11) is 0. The smallest absolute Gasteiger partial charge is 0.173 e. The van der Waals surface area contributed by atoms with Gasteiger partial charge in [0.25, 0.3) is 0 Å². The summed E-state index contributed by atoms with van der Waals surface area (Å²) in [6.45, 7) is 12.8. The standard InChI is InChI=1S/C14H22OS/c1-13(2,3)9-10(15)11-7-8-12(16-11)14(4,5)6/h7-8H,9H2,1-6H3. The molecule has 0 aromatic carbocycles. The highest BCUT2D eigenvalue weighted by Gasteiger charge is 2.21. The van der Waals surface area contributed by atoms with E-state index >= 15 is 0 Å². The summed E-state index contributed by atoms with van der Waals surface area (Å²) in [5, 5.41) is 0. The van der Waals surface area contributed by atoms with E-state index < -0.39 is 0 Å². The number of hydrogen-bond acceptors (Lipinski definition) is 2. The van der Waals surface area contributed by atoms with Gasteiger partial charge in [-0.1, -0.05) is 41.5 Å². The minimum absolute atomic E-state index is 0.0724. The van der Waals surface area contributed by atoms with Gasteiger partial charge in [-0.05, 0) is 23.0 Å². The SMILES string of the molecule is CC(C)(C)CC(=O)c1ccc(C(C)(C)C)s1. The maximum atomic E-state index is 12.0. The summed E-state index contributed by atoms with van der Waals surface area (Å²) in [6, 6.07) is 4.06. The number of hydrogen-bond donors (Lipinski definition) is 0. The van der Waals surface area contributed by atoms with E-state index in [1.165, 1.54) is 4.88 Å². The van der Waals surface area contributed by atoms with Gasteiger partial charge in [-0.3, -0.25) is 4.79 Å². The first-order valence-corrected chi connectivity index (χ1v) is 6.55. The molecule has 16 heavy (non-hydrogen) atoms. The quantitative estimate of drug-likeness (QED) is 0.685. The van der Waals surface area contributed by atoms with Gasteiger partial charge in [-0.25, -0.2) is 0 Å². The van der Waals surface area contributed by atoms with E-state index in [4.69, 9.17) is 0 Å². The van der Waals surface area contributed by atoms with Crippen LogP contribution in [-0.4, -0.2) is 5.78 Å². The van der Waals surface area contributed by atoms with E-state index in [9.17, 15) is 4.79 Å². The van der Waals surface area contributed by atoms with Gasteiger partial charge in [0.15, 0.2) is 5.78 Å². The summed E-state index contributed by atoms with van der Waals surface area (Å²) in [6.07, 6.45) is 0.622. The first kappa shape index (κ1) is 13.4. The molecule has 1 aromatic rings. The summed E-state index contributed by atoms with van der Waals surface area (Å²) in [5.74, 6) is 0.271. The summed E-state index contributed by atoms with van der Waals surface area (Å²) >= 11 is 1.64. The zero-order valence-corrected chi connectivity index (χ0v) is 12.0. The van der Waals surface area contributed by atoms with Crippen LogP contribution < -0.4 is 0 Å². The lowest BCUT2D eigenvalue weighted by Gasteiger charge is -2.16. The molecule has 0 bridgehead atoms. The van der Waals surface area contributed by atoms with Crippen molar-refractivity contribution in [3.8, 4) is 0 Å².